The van der Waals surface area contributed by atoms with Crippen LogP contribution in [0.1, 0.15) is 53.7 Å². The maximum atomic E-state index is 11.4. The summed E-state index contributed by atoms with van der Waals surface area (Å²) in [6.07, 6.45) is 8.34. The maximum Gasteiger partial charge on any atom is 0.338 e. The number of carboxylic acids is 1. The van der Waals surface area contributed by atoms with E-state index in [-0.39, 0.29) is 0 Å². The second-order valence-corrected chi connectivity index (χ2v) is 6.58. The third kappa shape index (κ3) is 2.78. The van der Waals surface area contributed by atoms with Crippen LogP contribution in [0.3, 0.4) is 0 Å². The Kier molecular flexibility index (Phi) is 3.78. The second-order valence-electron chi connectivity index (χ2n) is 5.57. The Morgan fingerprint density at radius 1 is 1.32 bits per heavy atom. The van der Waals surface area contributed by atoms with E-state index >= 15 is 0 Å². The minimum atomic E-state index is -0.837. The lowest BCUT2D eigenvalue weighted by Crippen LogP contribution is -2.06. The molecular formula is C15H19NO2S. The molecule has 19 heavy (non-hydrogen) atoms. The van der Waals surface area contributed by atoms with Gasteiger partial charge in [-0.1, -0.05) is 12.8 Å². The van der Waals surface area contributed by atoms with Gasteiger partial charge in [-0.2, -0.15) is 0 Å². The molecule has 0 spiro atoms. The molecule has 102 valence electrons. The quantitative estimate of drug-likeness (QED) is 0.855. The standard InChI is InChI=1S/C15H19NO2S/c17-15(18)12-8-11-6-3-7-13(11)16-14(12)19-9-10-4-1-2-5-10/h8,10H,1-7,9H2,(H,17,18). The van der Waals surface area contributed by atoms with Crippen LogP contribution in [-0.2, 0) is 12.8 Å². The third-order valence-electron chi connectivity index (χ3n) is 4.18. The molecule has 4 heteroatoms. The fourth-order valence-electron chi connectivity index (χ4n) is 3.09. The van der Waals surface area contributed by atoms with Crippen molar-refractivity contribution in [3.63, 3.8) is 0 Å². The van der Waals surface area contributed by atoms with Crippen LogP contribution in [0.5, 0.6) is 0 Å². The summed E-state index contributed by atoms with van der Waals surface area (Å²) in [5.74, 6) is 0.935. The first-order chi connectivity index (χ1) is 9.24. The average molecular weight is 277 g/mol. The number of hydrogen-bond donors (Lipinski definition) is 1. The molecule has 0 aromatic carbocycles. The van der Waals surface area contributed by atoms with Gasteiger partial charge in [-0.3, -0.25) is 0 Å². The van der Waals surface area contributed by atoms with Crippen molar-refractivity contribution in [2.24, 2.45) is 5.92 Å². The number of aromatic nitrogens is 1. The van der Waals surface area contributed by atoms with E-state index in [0.29, 0.717) is 5.56 Å². The van der Waals surface area contributed by atoms with Gasteiger partial charge in [0.25, 0.3) is 0 Å². The number of fused-ring (bicyclic) bond motifs is 1. The smallest absolute Gasteiger partial charge is 0.338 e. The largest absolute Gasteiger partial charge is 0.478 e. The molecule has 0 saturated heterocycles. The van der Waals surface area contributed by atoms with Crippen molar-refractivity contribution in [3.8, 4) is 0 Å². The minimum absolute atomic E-state index is 0.406. The summed E-state index contributed by atoms with van der Waals surface area (Å²) in [4.78, 5) is 16.0. The van der Waals surface area contributed by atoms with Crippen LogP contribution in [0, 0.1) is 5.92 Å². The van der Waals surface area contributed by atoms with Gasteiger partial charge in [-0.25, -0.2) is 9.78 Å². The minimum Gasteiger partial charge on any atom is -0.478 e. The molecule has 0 atom stereocenters. The van der Waals surface area contributed by atoms with Gasteiger partial charge >= 0.3 is 5.97 Å². The van der Waals surface area contributed by atoms with Gasteiger partial charge < -0.3 is 5.11 Å². The van der Waals surface area contributed by atoms with Gasteiger partial charge in [0.2, 0.25) is 0 Å². The van der Waals surface area contributed by atoms with E-state index < -0.39 is 5.97 Å². The van der Waals surface area contributed by atoms with Gasteiger partial charge in [0.1, 0.15) is 5.03 Å². The number of aromatic carboxylic acids is 1. The van der Waals surface area contributed by atoms with Crippen molar-refractivity contribution < 1.29 is 9.90 Å². The van der Waals surface area contributed by atoms with E-state index in [0.717, 1.165) is 47.2 Å². The third-order valence-corrected chi connectivity index (χ3v) is 5.40. The molecule has 0 unspecified atom stereocenters. The molecule has 1 aromatic heterocycles. The molecule has 0 aliphatic heterocycles. The van der Waals surface area contributed by atoms with Crippen LogP contribution in [0.15, 0.2) is 11.1 Å². The van der Waals surface area contributed by atoms with E-state index in [2.05, 4.69) is 4.98 Å². The normalized spacial score (nSPS) is 18.7. The number of rotatable bonds is 4. The van der Waals surface area contributed by atoms with Gasteiger partial charge in [-0.05, 0) is 49.7 Å². The zero-order valence-electron chi connectivity index (χ0n) is 11.0. The van der Waals surface area contributed by atoms with Crippen LogP contribution in [0.4, 0.5) is 0 Å². The molecule has 1 saturated carbocycles. The molecule has 2 aliphatic carbocycles. The Hall–Kier alpha value is -1.03. The van der Waals surface area contributed by atoms with Gasteiger partial charge in [0.15, 0.2) is 0 Å². The van der Waals surface area contributed by atoms with Crippen LogP contribution in [-0.4, -0.2) is 21.8 Å². The molecule has 1 heterocycles. The number of carboxylic acid groups (broad SMARTS) is 1. The highest BCUT2D eigenvalue weighted by Crippen LogP contribution is 2.33. The molecule has 1 fully saturated rings. The van der Waals surface area contributed by atoms with Crippen LogP contribution < -0.4 is 0 Å². The molecule has 0 amide bonds. The molecule has 3 rings (SSSR count). The Morgan fingerprint density at radius 2 is 2.11 bits per heavy atom. The van der Waals surface area contributed by atoms with E-state index in [9.17, 15) is 9.90 Å². The van der Waals surface area contributed by atoms with E-state index in [1.54, 1.807) is 11.8 Å². The van der Waals surface area contributed by atoms with Crippen LogP contribution in [0.25, 0.3) is 0 Å². The monoisotopic (exact) mass is 277 g/mol. The molecule has 2 aliphatic rings. The lowest BCUT2D eigenvalue weighted by molar-refractivity contribution is 0.0692. The Bertz CT molecular complexity index is 495. The number of nitrogens with zero attached hydrogens (tertiary/aromatic N) is 1. The number of carbonyl (C=O) groups is 1. The molecular weight excluding hydrogens is 258 g/mol. The summed E-state index contributed by atoms with van der Waals surface area (Å²) in [6, 6.07) is 1.86. The summed E-state index contributed by atoms with van der Waals surface area (Å²) in [5, 5.41) is 10.1. The van der Waals surface area contributed by atoms with Crippen LogP contribution in [0.2, 0.25) is 0 Å². The lowest BCUT2D eigenvalue weighted by atomic mass is 10.1. The van der Waals surface area contributed by atoms with Crippen molar-refractivity contribution in [1.82, 2.24) is 4.98 Å². The Morgan fingerprint density at radius 3 is 2.84 bits per heavy atom. The fourth-order valence-corrected chi connectivity index (χ4v) is 4.29. The van der Waals surface area contributed by atoms with E-state index in [1.165, 1.54) is 25.7 Å². The number of hydrogen-bond acceptors (Lipinski definition) is 3. The highest BCUT2D eigenvalue weighted by atomic mass is 32.2. The summed E-state index contributed by atoms with van der Waals surface area (Å²) < 4.78 is 0. The van der Waals surface area contributed by atoms with Crippen molar-refractivity contribution in [3.05, 3.63) is 22.9 Å². The van der Waals surface area contributed by atoms with E-state index in [4.69, 9.17) is 0 Å². The zero-order chi connectivity index (χ0) is 13.2. The molecule has 1 aromatic rings. The van der Waals surface area contributed by atoms with Crippen LogP contribution >= 0.6 is 11.8 Å². The first-order valence-corrected chi connectivity index (χ1v) is 8.11. The maximum absolute atomic E-state index is 11.4. The molecule has 3 nitrogen and oxygen atoms in total. The topological polar surface area (TPSA) is 50.2 Å². The summed E-state index contributed by atoms with van der Waals surface area (Å²) in [7, 11) is 0. The predicted octanol–water partition coefficient (Wildman–Crippen LogP) is 3.55. The molecule has 1 N–H and O–H groups in total. The summed E-state index contributed by atoms with van der Waals surface area (Å²) in [5.41, 5.74) is 2.67. The first-order valence-electron chi connectivity index (χ1n) is 7.13. The summed E-state index contributed by atoms with van der Waals surface area (Å²) in [6.45, 7) is 0. The molecule has 0 radical (unpaired) electrons. The van der Waals surface area contributed by atoms with Gasteiger partial charge in [0.05, 0.1) is 5.56 Å². The number of aryl methyl sites for hydroxylation is 2. The Balaban J connectivity index is 1.80. The number of thioether (sulfide) groups is 1. The molecule has 0 bridgehead atoms. The SMILES string of the molecule is O=C(O)c1cc2c(nc1SCC1CCCC1)CCC2. The predicted molar refractivity (Wildman–Crippen MR) is 75.9 cm³/mol. The highest BCUT2D eigenvalue weighted by molar-refractivity contribution is 7.99. The van der Waals surface area contributed by atoms with Gasteiger partial charge in [0, 0.05) is 11.4 Å². The number of pyridine rings is 1. The van der Waals surface area contributed by atoms with Crippen molar-refractivity contribution in [2.45, 2.75) is 50.0 Å². The second kappa shape index (κ2) is 5.53. The van der Waals surface area contributed by atoms with Crippen molar-refractivity contribution in [1.29, 1.82) is 0 Å². The average Bonchev–Trinajstić information content (AvgIpc) is 3.05. The van der Waals surface area contributed by atoms with Crippen molar-refractivity contribution in [2.75, 3.05) is 5.75 Å². The fraction of sp³-hybridized carbons (Fsp3) is 0.600. The Labute approximate surface area is 117 Å². The zero-order valence-corrected chi connectivity index (χ0v) is 11.8. The summed E-state index contributed by atoms with van der Waals surface area (Å²) >= 11 is 1.65. The van der Waals surface area contributed by atoms with Crippen molar-refractivity contribution >= 4 is 17.7 Å². The highest BCUT2D eigenvalue weighted by Gasteiger charge is 2.22. The first kappa shape index (κ1) is 13.0. The van der Waals surface area contributed by atoms with E-state index in [1.807, 2.05) is 6.07 Å². The lowest BCUT2D eigenvalue weighted by Gasteiger charge is -2.11. The van der Waals surface area contributed by atoms with Gasteiger partial charge in [-0.15, -0.1) is 11.8 Å².